The van der Waals surface area contributed by atoms with Gasteiger partial charge in [-0.1, -0.05) is 6.07 Å². The predicted molar refractivity (Wildman–Crippen MR) is 125 cm³/mol. The quantitative estimate of drug-likeness (QED) is 0.731. The predicted octanol–water partition coefficient (Wildman–Crippen LogP) is 2.96. The average molecular weight is 453 g/mol. The van der Waals surface area contributed by atoms with Crippen LogP contribution in [-0.2, 0) is 16.0 Å². The molecule has 0 bridgehead atoms. The monoisotopic (exact) mass is 452 g/mol. The van der Waals surface area contributed by atoms with Crippen LogP contribution in [0.5, 0.6) is 0 Å². The molecule has 33 heavy (non-hydrogen) atoms. The van der Waals surface area contributed by atoms with Crippen molar-refractivity contribution in [1.82, 2.24) is 10.2 Å². The van der Waals surface area contributed by atoms with Gasteiger partial charge in [-0.3, -0.25) is 14.4 Å². The lowest BCUT2D eigenvalue weighted by Crippen LogP contribution is -2.48. The molecule has 8 heteroatoms. The number of hydrogen-bond donors (Lipinski definition) is 2. The summed E-state index contributed by atoms with van der Waals surface area (Å²) in [5.74, 6) is -0.644. The van der Waals surface area contributed by atoms with Gasteiger partial charge in [-0.05, 0) is 67.6 Å². The van der Waals surface area contributed by atoms with E-state index in [0.717, 1.165) is 43.5 Å². The minimum atomic E-state index is -0.387. The van der Waals surface area contributed by atoms with Gasteiger partial charge in [-0.25, -0.2) is 4.39 Å². The smallest absolute Gasteiger partial charge is 0.255 e. The molecule has 2 aliphatic heterocycles. The first-order valence-corrected chi connectivity index (χ1v) is 11.4. The van der Waals surface area contributed by atoms with Crippen LogP contribution in [-0.4, -0.2) is 54.8 Å². The van der Waals surface area contributed by atoms with Crippen LogP contribution in [0.4, 0.5) is 15.8 Å². The molecule has 2 aromatic rings. The van der Waals surface area contributed by atoms with Gasteiger partial charge >= 0.3 is 0 Å². The van der Waals surface area contributed by atoms with Gasteiger partial charge in [0.2, 0.25) is 11.8 Å². The van der Waals surface area contributed by atoms with E-state index in [1.807, 2.05) is 28.0 Å². The summed E-state index contributed by atoms with van der Waals surface area (Å²) in [5, 5.41) is 6.05. The van der Waals surface area contributed by atoms with Crippen molar-refractivity contribution in [3.8, 4) is 0 Å². The Labute approximate surface area is 192 Å². The molecular weight excluding hydrogens is 423 g/mol. The summed E-state index contributed by atoms with van der Waals surface area (Å²) < 4.78 is 13.2. The second kappa shape index (κ2) is 10.0. The van der Waals surface area contributed by atoms with Gasteiger partial charge in [0.25, 0.3) is 5.91 Å². The Balaban J connectivity index is 1.39. The minimum Gasteiger partial charge on any atom is -0.362 e. The van der Waals surface area contributed by atoms with Crippen LogP contribution in [0.1, 0.15) is 42.1 Å². The summed E-state index contributed by atoms with van der Waals surface area (Å²) in [4.78, 5) is 40.7. The van der Waals surface area contributed by atoms with Crippen molar-refractivity contribution in [2.45, 2.75) is 38.6 Å². The molecule has 2 aromatic carbocycles. The highest BCUT2D eigenvalue weighted by atomic mass is 19.1. The van der Waals surface area contributed by atoms with Crippen molar-refractivity contribution in [2.24, 2.45) is 0 Å². The standard InChI is InChI=1S/C25H29FN4O3/c1-17(31)29-14-11-20(12-15-29)27-24(32)16-30-13-3-4-21-22(5-2-6-23(21)30)28-25(33)18-7-9-19(26)10-8-18/h2,5-10,20H,3-4,11-16H2,1H3,(H,27,32)(H,28,33). The zero-order valence-electron chi connectivity index (χ0n) is 18.8. The fourth-order valence-corrected chi connectivity index (χ4v) is 4.56. The Morgan fingerprint density at radius 3 is 2.45 bits per heavy atom. The number of amides is 3. The number of likely N-dealkylation sites (tertiary alicyclic amines) is 1. The number of anilines is 2. The molecule has 0 atom stereocenters. The van der Waals surface area contributed by atoms with Crippen LogP contribution in [0.15, 0.2) is 42.5 Å². The van der Waals surface area contributed by atoms with Crippen molar-refractivity contribution < 1.29 is 18.8 Å². The molecule has 2 aliphatic rings. The lowest BCUT2D eigenvalue weighted by molar-refractivity contribution is -0.130. The second-order valence-electron chi connectivity index (χ2n) is 8.64. The normalized spacial score (nSPS) is 16.2. The molecule has 0 spiro atoms. The number of fused-ring (bicyclic) bond motifs is 1. The van der Waals surface area contributed by atoms with E-state index in [9.17, 15) is 18.8 Å². The van der Waals surface area contributed by atoms with Crippen molar-refractivity contribution in [1.29, 1.82) is 0 Å². The first-order chi connectivity index (χ1) is 15.9. The first-order valence-electron chi connectivity index (χ1n) is 11.4. The van der Waals surface area contributed by atoms with Crippen LogP contribution >= 0.6 is 0 Å². The van der Waals surface area contributed by atoms with E-state index in [4.69, 9.17) is 0 Å². The Morgan fingerprint density at radius 1 is 1.03 bits per heavy atom. The minimum absolute atomic E-state index is 0.0372. The highest BCUT2D eigenvalue weighted by Gasteiger charge is 2.25. The second-order valence-corrected chi connectivity index (χ2v) is 8.64. The zero-order valence-corrected chi connectivity index (χ0v) is 18.8. The van der Waals surface area contributed by atoms with Crippen molar-refractivity contribution in [3.63, 3.8) is 0 Å². The number of hydrogen-bond acceptors (Lipinski definition) is 4. The molecule has 1 fully saturated rings. The molecule has 2 N–H and O–H groups in total. The Hall–Kier alpha value is -3.42. The van der Waals surface area contributed by atoms with E-state index in [2.05, 4.69) is 10.6 Å². The third-order valence-corrected chi connectivity index (χ3v) is 6.34. The summed E-state index contributed by atoms with van der Waals surface area (Å²) in [6.07, 6.45) is 3.21. The Kier molecular flexibility index (Phi) is 6.91. The molecule has 0 aliphatic carbocycles. The van der Waals surface area contributed by atoms with E-state index >= 15 is 0 Å². The number of nitrogens with one attached hydrogen (secondary N) is 2. The fourth-order valence-electron chi connectivity index (χ4n) is 4.56. The molecule has 7 nitrogen and oxygen atoms in total. The average Bonchev–Trinajstić information content (AvgIpc) is 2.80. The number of nitrogens with zero attached hydrogens (tertiary/aromatic N) is 2. The number of carbonyl (C=O) groups is 3. The van der Waals surface area contributed by atoms with Gasteiger partial charge in [0, 0.05) is 49.5 Å². The van der Waals surface area contributed by atoms with Gasteiger partial charge in [0.1, 0.15) is 5.82 Å². The van der Waals surface area contributed by atoms with E-state index in [1.165, 1.54) is 24.3 Å². The van der Waals surface area contributed by atoms with Gasteiger partial charge in [-0.15, -0.1) is 0 Å². The van der Waals surface area contributed by atoms with Gasteiger partial charge in [0.05, 0.1) is 6.54 Å². The summed E-state index contributed by atoms with van der Waals surface area (Å²) in [6.45, 7) is 3.92. The maximum absolute atomic E-state index is 13.2. The SMILES string of the molecule is CC(=O)N1CCC(NC(=O)CN2CCCc3c(NC(=O)c4ccc(F)cc4)cccc32)CC1. The zero-order chi connectivity index (χ0) is 23.4. The molecule has 2 heterocycles. The summed E-state index contributed by atoms with van der Waals surface area (Å²) >= 11 is 0. The van der Waals surface area contributed by atoms with Crippen LogP contribution in [0.2, 0.25) is 0 Å². The van der Waals surface area contributed by atoms with Crippen molar-refractivity contribution in [2.75, 3.05) is 36.4 Å². The number of rotatable bonds is 5. The summed E-state index contributed by atoms with van der Waals surface area (Å²) in [5.41, 5.74) is 3.04. The molecular formula is C25H29FN4O3. The molecule has 0 aromatic heterocycles. The molecule has 174 valence electrons. The fraction of sp³-hybridized carbons (Fsp3) is 0.400. The topological polar surface area (TPSA) is 81.8 Å². The third kappa shape index (κ3) is 5.50. The van der Waals surface area contributed by atoms with Gasteiger partial charge < -0.3 is 20.4 Å². The van der Waals surface area contributed by atoms with Crippen LogP contribution in [0.25, 0.3) is 0 Å². The number of halogens is 1. The van der Waals surface area contributed by atoms with Crippen molar-refractivity contribution >= 4 is 29.1 Å². The molecule has 0 unspecified atom stereocenters. The lowest BCUT2D eigenvalue weighted by atomic mass is 9.99. The maximum atomic E-state index is 13.2. The van der Waals surface area contributed by atoms with E-state index in [0.29, 0.717) is 24.3 Å². The van der Waals surface area contributed by atoms with E-state index < -0.39 is 0 Å². The van der Waals surface area contributed by atoms with Gasteiger partial charge in [0.15, 0.2) is 0 Å². The number of piperidine rings is 1. The highest BCUT2D eigenvalue weighted by molar-refractivity contribution is 6.05. The maximum Gasteiger partial charge on any atom is 0.255 e. The Morgan fingerprint density at radius 2 is 1.76 bits per heavy atom. The third-order valence-electron chi connectivity index (χ3n) is 6.34. The van der Waals surface area contributed by atoms with Gasteiger partial charge in [-0.2, -0.15) is 0 Å². The largest absolute Gasteiger partial charge is 0.362 e. The van der Waals surface area contributed by atoms with Crippen LogP contribution in [0.3, 0.4) is 0 Å². The molecule has 3 amide bonds. The summed E-state index contributed by atoms with van der Waals surface area (Å²) in [7, 11) is 0. The van der Waals surface area contributed by atoms with Crippen LogP contribution < -0.4 is 15.5 Å². The number of benzene rings is 2. The molecule has 4 rings (SSSR count). The lowest BCUT2D eigenvalue weighted by Gasteiger charge is -2.34. The summed E-state index contributed by atoms with van der Waals surface area (Å²) in [6, 6.07) is 11.2. The Bertz CT molecular complexity index is 1030. The molecule has 0 radical (unpaired) electrons. The van der Waals surface area contributed by atoms with E-state index in [1.54, 1.807) is 6.92 Å². The van der Waals surface area contributed by atoms with Crippen molar-refractivity contribution in [3.05, 3.63) is 59.4 Å². The first kappa shape index (κ1) is 22.8. The molecule has 1 saturated heterocycles. The number of carbonyl (C=O) groups excluding carboxylic acids is 3. The highest BCUT2D eigenvalue weighted by Crippen LogP contribution is 2.33. The molecule has 0 saturated carbocycles. The van der Waals surface area contributed by atoms with E-state index in [-0.39, 0.29) is 36.1 Å². The van der Waals surface area contributed by atoms with Crippen LogP contribution in [0, 0.1) is 5.82 Å².